The highest BCUT2D eigenvalue weighted by molar-refractivity contribution is 8.00. The highest BCUT2D eigenvalue weighted by atomic mass is 32.2. The van der Waals surface area contributed by atoms with Gasteiger partial charge in [0.2, 0.25) is 11.8 Å². The van der Waals surface area contributed by atoms with E-state index in [0.29, 0.717) is 31.3 Å². The van der Waals surface area contributed by atoms with Crippen LogP contribution in [0.2, 0.25) is 0 Å². The molecule has 4 nitrogen and oxygen atoms in total. The van der Waals surface area contributed by atoms with E-state index in [1.807, 2.05) is 18.7 Å². The number of likely N-dealkylation sites (tertiary alicyclic amines) is 1. The fourth-order valence-electron chi connectivity index (χ4n) is 3.74. The van der Waals surface area contributed by atoms with E-state index in [-0.39, 0.29) is 23.1 Å². The second-order valence-electron chi connectivity index (χ2n) is 7.75. The van der Waals surface area contributed by atoms with E-state index in [1.54, 1.807) is 4.90 Å². The minimum atomic E-state index is -4.36. The third-order valence-corrected chi connectivity index (χ3v) is 6.62. The molecule has 0 N–H and O–H groups in total. The number of hydrogen-bond donors (Lipinski definition) is 0. The van der Waals surface area contributed by atoms with Crippen LogP contribution in [-0.4, -0.2) is 47.0 Å². The van der Waals surface area contributed by atoms with Crippen molar-refractivity contribution in [2.45, 2.75) is 38.2 Å². The Kier molecular flexibility index (Phi) is 6.27. The van der Waals surface area contributed by atoms with E-state index >= 15 is 0 Å². The molecule has 0 radical (unpaired) electrons. The van der Waals surface area contributed by atoms with E-state index in [2.05, 4.69) is 0 Å². The molecule has 2 fully saturated rings. The number of piperidine rings is 1. The van der Waals surface area contributed by atoms with Gasteiger partial charge in [-0.25, -0.2) is 0 Å². The number of rotatable bonds is 4. The van der Waals surface area contributed by atoms with Crippen molar-refractivity contribution in [3.8, 4) is 0 Å². The quantitative estimate of drug-likeness (QED) is 0.742. The maximum atomic E-state index is 12.8. The van der Waals surface area contributed by atoms with E-state index in [0.717, 1.165) is 30.5 Å². The number of carbonyl (C=O) groups is 2. The second-order valence-corrected chi connectivity index (χ2v) is 8.82. The predicted molar refractivity (Wildman–Crippen MR) is 102 cm³/mol. The lowest BCUT2D eigenvalue weighted by atomic mass is 9.95. The average molecular weight is 414 g/mol. The SMILES string of the molecule is CC(C)C(=O)N1CCC(CN2C(=O)CS[C@@H]2c2ccc(C(F)(F)F)cc2)CC1. The van der Waals surface area contributed by atoms with Crippen molar-refractivity contribution in [1.29, 1.82) is 0 Å². The zero-order chi connectivity index (χ0) is 20.5. The van der Waals surface area contributed by atoms with Gasteiger partial charge in [0.25, 0.3) is 0 Å². The van der Waals surface area contributed by atoms with Gasteiger partial charge in [0.1, 0.15) is 5.37 Å². The Morgan fingerprint density at radius 3 is 2.32 bits per heavy atom. The number of alkyl halides is 3. The number of amides is 2. The summed E-state index contributed by atoms with van der Waals surface area (Å²) in [5.74, 6) is 0.813. The van der Waals surface area contributed by atoms with Gasteiger partial charge in [-0.3, -0.25) is 9.59 Å². The lowest BCUT2D eigenvalue weighted by Gasteiger charge is -2.36. The monoisotopic (exact) mass is 414 g/mol. The van der Waals surface area contributed by atoms with Crippen molar-refractivity contribution in [2.24, 2.45) is 11.8 Å². The van der Waals surface area contributed by atoms with E-state index < -0.39 is 11.7 Å². The maximum Gasteiger partial charge on any atom is 0.416 e. The molecule has 1 aromatic carbocycles. The summed E-state index contributed by atoms with van der Waals surface area (Å²) in [6.45, 7) is 5.76. The number of carbonyl (C=O) groups excluding carboxylic acids is 2. The van der Waals surface area contributed by atoms with Gasteiger partial charge in [-0.2, -0.15) is 13.2 Å². The second kappa shape index (κ2) is 8.35. The van der Waals surface area contributed by atoms with Crippen molar-refractivity contribution < 1.29 is 22.8 Å². The maximum absolute atomic E-state index is 12.8. The molecule has 0 saturated carbocycles. The van der Waals surface area contributed by atoms with Crippen LogP contribution >= 0.6 is 11.8 Å². The molecule has 0 aliphatic carbocycles. The van der Waals surface area contributed by atoms with Crippen LogP contribution in [0.15, 0.2) is 24.3 Å². The van der Waals surface area contributed by atoms with Crippen LogP contribution in [0, 0.1) is 11.8 Å². The Morgan fingerprint density at radius 1 is 1.18 bits per heavy atom. The van der Waals surface area contributed by atoms with Crippen LogP contribution in [-0.2, 0) is 15.8 Å². The molecule has 0 bridgehead atoms. The minimum absolute atomic E-state index is 0.0165. The van der Waals surface area contributed by atoms with E-state index in [4.69, 9.17) is 0 Å². The predicted octanol–water partition coefficient (Wildman–Crippen LogP) is 4.17. The average Bonchev–Trinajstić information content (AvgIpc) is 3.01. The van der Waals surface area contributed by atoms with Gasteiger partial charge in [-0.15, -0.1) is 11.8 Å². The summed E-state index contributed by atoms with van der Waals surface area (Å²) in [4.78, 5) is 28.2. The molecule has 2 aliphatic rings. The normalized spacial score (nSPS) is 21.6. The molecule has 0 spiro atoms. The van der Waals surface area contributed by atoms with Crippen molar-refractivity contribution in [2.75, 3.05) is 25.4 Å². The van der Waals surface area contributed by atoms with Gasteiger partial charge in [0.05, 0.1) is 11.3 Å². The summed E-state index contributed by atoms with van der Waals surface area (Å²) in [6, 6.07) is 5.09. The van der Waals surface area contributed by atoms with Crippen molar-refractivity contribution in [1.82, 2.24) is 9.80 Å². The molecule has 1 aromatic rings. The molecular formula is C20H25F3N2O2S. The molecule has 2 aliphatic heterocycles. The molecule has 0 aromatic heterocycles. The molecule has 1 atom stereocenters. The smallest absolute Gasteiger partial charge is 0.342 e. The third-order valence-electron chi connectivity index (χ3n) is 5.37. The molecule has 2 heterocycles. The Morgan fingerprint density at radius 2 is 1.79 bits per heavy atom. The lowest BCUT2D eigenvalue weighted by molar-refractivity contribution is -0.137. The highest BCUT2D eigenvalue weighted by Crippen LogP contribution is 2.40. The molecule has 0 unspecified atom stereocenters. The summed E-state index contributed by atoms with van der Waals surface area (Å²) < 4.78 is 38.4. The van der Waals surface area contributed by atoms with Crippen molar-refractivity contribution >= 4 is 23.6 Å². The van der Waals surface area contributed by atoms with Crippen LogP contribution < -0.4 is 0 Å². The summed E-state index contributed by atoms with van der Waals surface area (Å²) >= 11 is 1.45. The van der Waals surface area contributed by atoms with Crippen LogP contribution in [0.25, 0.3) is 0 Å². The third kappa shape index (κ3) is 4.64. The lowest BCUT2D eigenvalue weighted by Crippen LogP contribution is -2.43. The van der Waals surface area contributed by atoms with Crippen LogP contribution in [0.1, 0.15) is 43.2 Å². The molecule has 8 heteroatoms. The molecule has 2 amide bonds. The number of nitrogens with zero attached hydrogens (tertiary/aromatic N) is 2. The molecular weight excluding hydrogens is 389 g/mol. The molecule has 2 saturated heterocycles. The van der Waals surface area contributed by atoms with Gasteiger partial charge < -0.3 is 9.80 Å². The van der Waals surface area contributed by atoms with Gasteiger partial charge in [-0.1, -0.05) is 26.0 Å². The van der Waals surface area contributed by atoms with Crippen LogP contribution in [0.4, 0.5) is 13.2 Å². The summed E-state index contributed by atoms with van der Waals surface area (Å²) in [6.07, 6.45) is -2.68. The zero-order valence-electron chi connectivity index (χ0n) is 16.0. The Labute approximate surface area is 167 Å². The standard InChI is InChI=1S/C20H25F3N2O2S/c1-13(2)18(27)24-9-7-14(8-10-24)11-25-17(26)12-28-19(25)15-3-5-16(6-4-15)20(21,22)23/h3-6,13-14,19H,7-12H2,1-2H3/t19-/m1/s1. The van der Waals surface area contributed by atoms with Crippen molar-refractivity contribution in [3.05, 3.63) is 35.4 Å². The molecule has 28 heavy (non-hydrogen) atoms. The van der Waals surface area contributed by atoms with Crippen LogP contribution in [0.5, 0.6) is 0 Å². The minimum Gasteiger partial charge on any atom is -0.342 e. The Hall–Kier alpha value is -1.70. The van der Waals surface area contributed by atoms with Gasteiger partial charge in [-0.05, 0) is 36.5 Å². The van der Waals surface area contributed by atoms with Gasteiger partial charge in [0.15, 0.2) is 0 Å². The number of halogens is 3. The fraction of sp³-hybridized carbons (Fsp3) is 0.600. The Balaban J connectivity index is 1.63. The van der Waals surface area contributed by atoms with Gasteiger partial charge in [0, 0.05) is 25.6 Å². The largest absolute Gasteiger partial charge is 0.416 e. The van der Waals surface area contributed by atoms with Crippen LogP contribution in [0.3, 0.4) is 0 Å². The molecule has 154 valence electrons. The van der Waals surface area contributed by atoms with E-state index in [1.165, 1.54) is 23.9 Å². The van der Waals surface area contributed by atoms with Crippen molar-refractivity contribution in [3.63, 3.8) is 0 Å². The molecule has 3 rings (SSSR count). The zero-order valence-corrected chi connectivity index (χ0v) is 16.9. The number of hydrogen-bond acceptors (Lipinski definition) is 3. The first-order valence-electron chi connectivity index (χ1n) is 9.54. The number of thioether (sulfide) groups is 1. The summed E-state index contributed by atoms with van der Waals surface area (Å²) in [5.41, 5.74) is 0.0376. The summed E-state index contributed by atoms with van der Waals surface area (Å²) in [5, 5.41) is -0.245. The van der Waals surface area contributed by atoms with E-state index in [9.17, 15) is 22.8 Å². The first-order valence-corrected chi connectivity index (χ1v) is 10.6. The first kappa shape index (κ1) is 21.0. The fourth-order valence-corrected chi connectivity index (χ4v) is 4.94. The highest BCUT2D eigenvalue weighted by Gasteiger charge is 2.36. The topological polar surface area (TPSA) is 40.6 Å². The number of benzene rings is 1. The Bertz CT molecular complexity index is 713. The van der Waals surface area contributed by atoms with Gasteiger partial charge >= 0.3 is 6.18 Å². The first-order chi connectivity index (χ1) is 13.2. The summed E-state index contributed by atoms with van der Waals surface area (Å²) in [7, 11) is 0.